The van der Waals surface area contributed by atoms with Gasteiger partial charge in [0.2, 0.25) is 5.91 Å². The Labute approximate surface area is 139 Å². The first-order valence-electron chi connectivity index (χ1n) is 9.38. The van der Waals surface area contributed by atoms with Gasteiger partial charge in [-0.25, -0.2) is 0 Å². The number of carbonyl (C=O) groups excluding carboxylic acids is 1. The zero-order valence-corrected chi connectivity index (χ0v) is 13.8. The molecule has 3 fully saturated rings. The summed E-state index contributed by atoms with van der Waals surface area (Å²) in [7, 11) is 0. The molecular formula is C20H28N2O. The third-order valence-corrected chi connectivity index (χ3v) is 6.13. The lowest BCUT2D eigenvalue weighted by Gasteiger charge is -2.29. The maximum Gasteiger partial charge on any atom is 0.220 e. The number of hydrogen-bond donors (Lipinski definition) is 2. The second-order valence-corrected chi connectivity index (χ2v) is 7.80. The van der Waals surface area contributed by atoms with Crippen LogP contribution in [0.15, 0.2) is 30.3 Å². The fourth-order valence-corrected chi connectivity index (χ4v) is 5.10. The van der Waals surface area contributed by atoms with Crippen LogP contribution in [0.3, 0.4) is 0 Å². The minimum Gasteiger partial charge on any atom is -0.353 e. The average Bonchev–Trinajstić information content (AvgIpc) is 3.14. The highest BCUT2D eigenvalue weighted by molar-refractivity contribution is 5.76. The first kappa shape index (κ1) is 15.2. The van der Waals surface area contributed by atoms with Crippen molar-refractivity contribution in [3.8, 4) is 0 Å². The van der Waals surface area contributed by atoms with Crippen LogP contribution in [0.5, 0.6) is 0 Å². The Balaban J connectivity index is 1.33. The Morgan fingerprint density at radius 1 is 1.04 bits per heavy atom. The molecule has 1 aliphatic carbocycles. The van der Waals surface area contributed by atoms with Gasteiger partial charge < -0.3 is 10.6 Å². The summed E-state index contributed by atoms with van der Waals surface area (Å²) in [6, 6.07) is 12.4. The van der Waals surface area contributed by atoms with Crippen molar-refractivity contribution in [2.75, 3.05) is 0 Å². The van der Waals surface area contributed by atoms with E-state index in [1.807, 2.05) is 0 Å². The molecule has 124 valence electrons. The fraction of sp³-hybridized carbons (Fsp3) is 0.650. The number of nitrogens with one attached hydrogen (secondary N) is 2. The van der Waals surface area contributed by atoms with Gasteiger partial charge in [0.15, 0.2) is 0 Å². The Hall–Kier alpha value is -1.35. The lowest BCUT2D eigenvalue weighted by Crippen LogP contribution is -2.41. The summed E-state index contributed by atoms with van der Waals surface area (Å²) in [5, 5.41) is 7.03. The SMILES string of the molecule is O=C(CC1CC2CCC(C1)N2)NC1CCCC1c1ccccc1. The second-order valence-electron chi connectivity index (χ2n) is 7.80. The molecule has 0 spiro atoms. The highest BCUT2D eigenvalue weighted by Gasteiger charge is 2.35. The molecule has 1 amide bonds. The molecule has 1 aromatic rings. The summed E-state index contributed by atoms with van der Waals surface area (Å²) in [6.07, 6.45) is 9.28. The third-order valence-electron chi connectivity index (χ3n) is 6.13. The number of hydrogen-bond acceptors (Lipinski definition) is 2. The van der Waals surface area contributed by atoms with E-state index in [4.69, 9.17) is 0 Å². The van der Waals surface area contributed by atoms with Crippen LogP contribution in [-0.2, 0) is 4.79 Å². The number of rotatable bonds is 4. The molecule has 0 radical (unpaired) electrons. The van der Waals surface area contributed by atoms with Gasteiger partial charge in [-0.2, -0.15) is 0 Å². The predicted octanol–water partition coefficient (Wildman–Crippen LogP) is 3.36. The monoisotopic (exact) mass is 312 g/mol. The van der Waals surface area contributed by atoms with Crippen molar-refractivity contribution in [3.63, 3.8) is 0 Å². The highest BCUT2D eigenvalue weighted by atomic mass is 16.1. The molecule has 4 rings (SSSR count). The molecule has 0 aromatic heterocycles. The van der Waals surface area contributed by atoms with E-state index in [1.165, 1.54) is 44.1 Å². The molecule has 1 saturated carbocycles. The van der Waals surface area contributed by atoms with Crippen LogP contribution >= 0.6 is 0 Å². The standard InChI is InChI=1S/C20H28N2O/c23-20(13-14-11-16-9-10-17(12-14)21-16)22-19-8-4-7-18(19)15-5-2-1-3-6-15/h1-3,5-6,14,16-19,21H,4,7-13H2,(H,22,23). The zero-order valence-electron chi connectivity index (χ0n) is 13.8. The van der Waals surface area contributed by atoms with E-state index in [0.29, 0.717) is 30.0 Å². The molecule has 2 N–H and O–H groups in total. The van der Waals surface area contributed by atoms with Crippen LogP contribution in [-0.4, -0.2) is 24.0 Å². The topological polar surface area (TPSA) is 41.1 Å². The van der Waals surface area contributed by atoms with Crippen molar-refractivity contribution >= 4 is 5.91 Å². The lowest BCUT2D eigenvalue weighted by molar-refractivity contribution is -0.123. The van der Waals surface area contributed by atoms with E-state index in [-0.39, 0.29) is 5.91 Å². The normalized spacial score (nSPS) is 36.1. The molecule has 2 bridgehead atoms. The van der Waals surface area contributed by atoms with E-state index >= 15 is 0 Å². The van der Waals surface area contributed by atoms with Gasteiger partial charge in [0.25, 0.3) is 0 Å². The molecule has 1 aromatic carbocycles. The maximum absolute atomic E-state index is 12.5. The largest absolute Gasteiger partial charge is 0.353 e. The van der Waals surface area contributed by atoms with Gasteiger partial charge in [-0.05, 0) is 50.0 Å². The minimum atomic E-state index is 0.282. The molecule has 2 aliphatic heterocycles. The first-order valence-corrected chi connectivity index (χ1v) is 9.38. The first-order chi connectivity index (χ1) is 11.3. The number of piperidine rings is 1. The number of carbonyl (C=O) groups is 1. The van der Waals surface area contributed by atoms with Gasteiger partial charge in [0, 0.05) is 30.5 Å². The Morgan fingerprint density at radius 3 is 2.52 bits per heavy atom. The molecule has 2 heterocycles. The number of benzene rings is 1. The smallest absolute Gasteiger partial charge is 0.220 e. The van der Waals surface area contributed by atoms with Gasteiger partial charge in [-0.1, -0.05) is 36.8 Å². The third kappa shape index (κ3) is 3.45. The van der Waals surface area contributed by atoms with Crippen molar-refractivity contribution in [2.24, 2.45) is 5.92 Å². The van der Waals surface area contributed by atoms with Crippen molar-refractivity contribution in [2.45, 2.75) is 75.4 Å². The average molecular weight is 312 g/mol. The van der Waals surface area contributed by atoms with E-state index in [1.54, 1.807) is 0 Å². The van der Waals surface area contributed by atoms with Crippen LogP contribution in [0.2, 0.25) is 0 Å². The maximum atomic E-state index is 12.5. The highest BCUT2D eigenvalue weighted by Crippen LogP contribution is 2.35. The Kier molecular flexibility index (Phi) is 4.39. The predicted molar refractivity (Wildman–Crippen MR) is 92.3 cm³/mol. The summed E-state index contributed by atoms with van der Waals surface area (Å²) in [6.45, 7) is 0. The zero-order chi connectivity index (χ0) is 15.6. The molecular weight excluding hydrogens is 284 g/mol. The van der Waals surface area contributed by atoms with Gasteiger partial charge in [0.05, 0.1) is 0 Å². The van der Waals surface area contributed by atoms with Crippen molar-refractivity contribution < 1.29 is 4.79 Å². The van der Waals surface area contributed by atoms with Gasteiger partial charge in [-0.15, -0.1) is 0 Å². The van der Waals surface area contributed by atoms with Gasteiger partial charge >= 0.3 is 0 Å². The number of fused-ring (bicyclic) bond motifs is 2. The summed E-state index contributed by atoms with van der Waals surface area (Å²) in [5.41, 5.74) is 1.38. The second kappa shape index (κ2) is 6.64. The van der Waals surface area contributed by atoms with Crippen molar-refractivity contribution in [1.29, 1.82) is 0 Å². The molecule has 4 unspecified atom stereocenters. The van der Waals surface area contributed by atoms with Crippen LogP contribution < -0.4 is 10.6 Å². The lowest BCUT2D eigenvalue weighted by atomic mass is 9.89. The summed E-state index contributed by atoms with van der Waals surface area (Å²) in [5.74, 6) is 1.37. The van der Waals surface area contributed by atoms with Crippen molar-refractivity contribution in [3.05, 3.63) is 35.9 Å². The molecule has 3 nitrogen and oxygen atoms in total. The van der Waals surface area contributed by atoms with E-state index in [0.717, 1.165) is 12.8 Å². The Morgan fingerprint density at radius 2 is 1.78 bits per heavy atom. The van der Waals surface area contributed by atoms with E-state index in [2.05, 4.69) is 41.0 Å². The van der Waals surface area contributed by atoms with Crippen LogP contribution in [0.1, 0.15) is 62.8 Å². The Bertz CT molecular complexity index is 532. The van der Waals surface area contributed by atoms with Gasteiger partial charge in [0.1, 0.15) is 0 Å². The van der Waals surface area contributed by atoms with Crippen LogP contribution in [0.25, 0.3) is 0 Å². The summed E-state index contributed by atoms with van der Waals surface area (Å²) < 4.78 is 0. The number of amides is 1. The summed E-state index contributed by atoms with van der Waals surface area (Å²) >= 11 is 0. The fourth-order valence-electron chi connectivity index (χ4n) is 5.10. The molecule has 2 saturated heterocycles. The molecule has 4 atom stereocenters. The van der Waals surface area contributed by atoms with Gasteiger partial charge in [-0.3, -0.25) is 4.79 Å². The van der Waals surface area contributed by atoms with Crippen molar-refractivity contribution in [1.82, 2.24) is 10.6 Å². The summed E-state index contributed by atoms with van der Waals surface area (Å²) in [4.78, 5) is 12.5. The quantitative estimate of drug-likeness (QED) is 0.895. The van der Waals surface area contributed by atoms with Crippen LogP contribution in [0.4, 0.5) is 0 Å². The molecule has 3 aliphatic rings. The van der Waals surface area contributed by atoms with Crippen LogP contribution in [0, 0.1) is 5.92 Å². The minimum absolute atomic E-state index is 0.282. The van der Waals surface area contributed by atoms with E-state index in [9.17, 15) is 4.79 Å². The molecule has 23 heavy (non-hydrogen) atoms. The molecule has 3 heteroatoms. The van der Waals surface area contributed by atoms with E-state index < -0.39 is 0 Å².